The molecule has 0 aliphatic heterocycles. The van der Waals surface area contributed by atoms with E-state index in [1.54, 1.807) is 18.2 Å². The lowest BCUT2D eigenvalue weighted by atomic mass is 10.1. The predicted molar refractivity (Wildman–Crippen MR) is 85.7 cm³/mol. The van der Waals surface area contributed by atoms with Crippen molar-refractivity contribution in [3.05, 3.63) is 75.8 Å². The monoisotopic (exact) mass is 335 g/mol. The Morgan fingerprint density at radius 1 is 1.12 bits per heavy atom. The lowest BCUT2D eigenvalue weighted by Crippen LogP contribution is -2.05. The first kappa shape index (κ1) is 17.2. The number of alkyl halides is 3. The van der Waals surface area contributed by atoms with E-state index in [1.807, 2.05) is 0 Å². The summed E-state index contributed by atoms with van der Waals surface area (Å²) >= 11 is 0. The molecule has 0 unspecified atom stereocenters. The van der Waals surface area contributed by atoms with Crippen LogP contribution in [0.5, 0.6) is 0 Å². The molecule has 0 atom stereocenters. The van der Waals surface area contributed by atoms with Crippen LogP contribution in [0.3, 0.4) is 0 Å². The molecule has 0 radical (unpaired) electrons. The topological polar surface area (TPSA) is 67.5 Å². The van der Waals surface area contributed by atoms with E-state index < -0.39 is 16.7 Å². The van der Waals surface area contributed by atoms with Gasteiger partial charge in [0.15, 0.2) is 0 Å². The van der Waals surface area contributed by atoms with E-state index in [9.17, 15) is 23.3 Å². The molecule has 1 N–H and O–H groups in total. The van der Waals surface area contributed by atoms with Gasteiger partial charge in [-0.25, -0.2) is 0 Å². The number of nitrogens with zero attached hydrogens (tertiary/aromatic N) is 2. The Bertz CT molecular complexity index is 786. The quantitative estimate of drug-likeness (QED) is 0.488. The molecule has 0 heterocycles. The Balaban J connectivity index is 2.02. The van der Waals surface area contributed by atoms with Crippen molar-refractivity contribution >= 4 is 23.7 Å². The van der Waals surface area contributed by atoms with Crippen LogP contribution < -0.4 is 5.43 Å². The van der Waals surface area contributed by atoms with E-state index in [4.69, 9.17) is 0 Å². The zero-order chi connectivity index (χ0) is 17.6. The summed E-state index contributed by atoms with van der Waals surface area (Å²) in [6.07, 6.45) is -0.205. The maximum Gasteiger partial charge on any atom is 0.416 e. The molecule has 0 fully saturated rings. The third-order valence-electron chi connectivity index (χ3n) is 2.95. The molecule has 0 saturated carbocycles. The van der Waals surface area contributed by atoms with Crippen LogP contribution in [0, 0.1) is 10.1 Å². The Morgan fingerprint density at radius 2 is 1.88 bits per heavy atom. The first-order valence-corrected chi connectivity index (χ1v) is 6.74. The van der Waals surface area contributed by atoms with Gasteiger partial charge in [-0.1, -0.05) is 18.2 Å². The highest BCUT2D eigenvalue weighted by atomic mass is 19.4. The zero-order valence-electron chi connectivity index (χ0n) is 12.2. The number of nitro groups is 1. The molecule has 24 heavy (non-hydrogen) atoms. The van der Waals surface area contributed by atoms with Crippen LogP contribution in [0.2, 0.25) is 0 Å². The number of benzene rings is 2. The van der Waals surface area contributed by atoms with E-state index in [0.29, 0.717) is 5.56 Å². The predicted octanol–water partition coefficient (Wildman–Crippen LogP) is 4.72. The van der Waals surface area contributed by atoms with Gasteiger partial charge in [-0.2, -0.15) is 18.3 Å². The second-order valence-electron chi connectivity index (χ2n) is 4.64. The molecule has 8 heteroatoms. The van der Waals surface area contributed by atoms with Gasteiger partial charge in [0.1, 0.15) is 0 Å². The smallest absolute Gasteiger partial charge is 0.279 e. The minimum absolute atomic E-state index is 0.0482. The summed E-state index contributed by atoms with van der Waals surface area (Å²) < 4.78 is 37.7. The van der Waals surface area contributed by atoms with Gasteiger partial charge in [0.25, 0.3) is 5.69 Å². The average Bonchev–Trinajstić information content (AvgIpc) is 2.54. The molecule has 5 nitrogen and oxygen atoms in total. The van der Waals surface area contributed by atoms with Crippen molar-refractivity contribution in [3.8, 4) is 0 Å². The maximum absolute atomic E-state index is 12.6. The Morgan fingerprint density at radius 3 is 2.58 bits per heavy atom. The largest absolute Gasteiger partial charge is 0.416 e. The molecular weight excluding hydrogens is 323 g/mol. The zero-order valence-corrected chi connectivity index (χ0v) is 12.2. The Kier molecular flexibility index (Phi) is 5.31. The normalized spacial score (nSPS) is 12.0. The van der Waals surface area contributed by atoms with Gasteiger partial charge in [-0.3, -0.25) is 15.5 Å². The van der Waals surface area contributed by atoms with Gasteiger partial charge in [0, 0.05) is 12.3 Å². The van der Waals surface area contributed by atoms with Crippen molar-refractivity contribution in [2.75, 3.05) is 5.43 Å². The third kappa shape index (κ3) is 4.67. The molecule has 0 spiro atoms. The molecule has 0 bridgehead atoms. The summed E-state index contributed by atoms with van der Waals surface area (Å²) in [5.41, 5.74) is 2.21. The standard InChI is InChI=1S/C16H12F3N3O2/c17-16(18,19)13-7-3-8-14(11-13)21-20-10-4-6-12-5-1-2-9-15(12)22(23)24/h1-11,21H/b6-4+,20-10+. The van der Waals surface area contributed by atoms with Gasteiger partial charge >= 0.3 is 6.18 Å². The highest BCUT2D eigenvalue weighted by molar-refractivity contribution is 5.80. The Labute approximate surface area is 135 Å². The van der Waals surface area contributed by atoms with Crippen molar-refractivity contribution in [2.45, 2.75) is 6.18 Å². The fourth-order valence-electron chi connectivity index (χ4n) is 1.86. The number of hydrogen-bond donors (Lipinski definition) is 1. The van der Waals surface area contributed by atoms with Crippen LogP contribution in [-0.2, 0) is 6.18 Å². The molecule has 0 aliphatic rings. The van der Waals surface area contributed by atoms with Crippen LogP contribution >= 0.6 is 0 Å². The summed E-state index contributed by atoms with van der Waals surface area (Å²) in [6.45, 7) is 0. The number of para-hydroxylation sites is 1. The second kappa shape index (κ2) is 7.40. The summed E-state index contributed by atoms with van der Waals surface area (Å²) in [5, 5.41) is 14.6. The van der Waals surface area contributed by atoms with Crippen molar-refractivity contribution in [3.63, 3.8) is 0 Å². The van der Waals surface area contributed by atoms with Gasteiger partial charge in [0.05, 0.1) is 21.7 Å². The van der Waals surface area contributed by atoms with Gasteiger partial charge in [-0.15, -0.1) is 0 Å². The van der Waals surface area contributed by atoms with Crippen molar-refractivity contribution < 1.29 is 18.1 Å². The number of rotatable bonds is 5. The summed E-state index contributed by atoms with van der Waals surface area (Å²) in [7, 11) is 0. The van der Waals surface area contributed by atoms with E-state index in [2.05, 4.69) is 10.5 Å². The highest BCUT2D eigenvalue weighted by Crippen LogP contribution is 2.30. The van der Waals surface area contributed by atoms with Crippen molar-refractivity contribution in [1.29, 1.82) is 0 Å². The summed E-state index contributed by atoms with van der Waals surface area (Å²) in [5.74, 6) is 0. The molecule has 0 aromatic heterocycles. The molecule has 124 valence electrons. The first-order chi connectivity index (χ1) is 11.4. The second-order valence-corrected chi connectivity index (χ2v) is 4.64. The number of nitro benzene ring substituents is 1. The fourth-order valence-corrected chi connectivity index (χ4v) is 1.86. The van der Waals surface area contributed by atoms with Crippen LogP contribution in [0.1, 0.15) is 11.1 Å². The number of halogens is 3. The highest BCUT2D eigenvalue weighted by Gasteiger charge is 2.30. The minimum atomic E-state index is -4.42. The lowest BCUT2D eigenvalue weighted by molar-refractivity contribution is -0.385. The number of nitrogens with one attached hydrogen (secondary N) is 1. The van der Waals surface area contributed by atoms with Crippen LogP contribution in [-0.4, -0.2) is 11.1 Å². The molecule has 0 amide bonds. The molecule has 2 aromatic carbocycles. The van der Waals surface area contributed by atoms with Crippen LogP contribution in [0.25, 0.3) is 6.08 Å². The van der Waals surface area contributed by atoms with E-state index in [0.717, 1.165) is 12.1 Å². The van der Waals surface area contributed by atoms with E-state index in [1.165, 1.54) is 36.6 Å². The van der Waals surface area contributed by atoms with Crippen molar-refractivity contribution in [2.24, 2.45) is 5.10 Å². The Hall–Kier alpha value is -3.16. The minimum Gasteiger partial charge on any atom is -0.279 e. The van der Waals surface area contributed by atoms with E-state index >= 15 is 0 Å². The number of anilines is 1. The number of allylic oxidation sites excluding steroid dienone is 1. The number of hydrazone groups is 1. The molecule has 0 saturated heterocycles. The van der Waals surface area contributed by atoms with Gasteiger partial charge in [-0.05, 0) is 36.4 Å². The summed E-state index contributed by atoms with van der Waals surface area (Å²) in [4.78, 5) is 10.3. The van der Waals surface area contributed by atoms with Gasteiger partial charge in [0.2, 0.25) is 0 Å². The van der Waals surface area contributed by atoms with Crippen LogP contribution in [0.4, 0.5) is 24.5 Å². The maximum atomic E-state index is 12.6. The van der Waals surface area contributed by atoms with Gasteiger partial charge < -0.3 is 0 Å². The first-order valence-electron chi connectivity index (χ1n) is 6.74. The molecular formula is C16H12F3N3O2. The van der Waals surface area contributed by atoms with Crippen molar-refractivity contribution in [1.82, 2.24) is 0 Å². The van der Waals surface area contributed by atoms with Crippen LogP contribution in [0.15, 0.2) is 59.7 Å². The fraction of sp³-hybridized carbons (Fsp3) is 0.0625. The molecule has 2 aromatic rings. The van der Waals surface area contributed by atoms with E-state index in [-0.39, 0.29) is 11.4 Å². The molecule has 2 rings (SSSR count). The SMILES string of the molecule is O=[N+]([O-])c1ccccc1/C=C/C=N/Nc1cccc(C(F)(F)F)c1. The average molecular weight is 335 g/mol. The third-order valence-corrected chi connectivity index (χ3v) is 2.95. The molecule has 0 aliphatic carbocycles. The lowest BCUT2D eigenvalue weighted by Gasteiger charge is -2.07. The number of hydrogen-bond acceptors (Lipinski definition) is 4. The summed E-state index contributed by atoms with van der Waals surface area (Å²) in [6, 6.07) is 10.8.